The molecule has 26 heavy (non-hydrogen) atoms. The molecule has 1 atom stereocenters. The third kappa shape index (κ3) is 2.39. The zero-order chi connectivity index (χ0) is 17.5. The molecule has 0 radical (unpaired) electrons. The van der Waals surface area contributed by atoms with E-state index in [4.69, 9.17) is 0 Å². The Hall–Kier alpha value is -3.40. The van der Waals surface area contributed by atoms with Crippen molar-refractivity contribution in [1.82, 2.24) is 19.5 Å². The summed E-state index contributed by atoms with van der Waals surface area (Å²) in [4.78, 5) is 12.2. The zero-order valence-corrected chi connectivity index (χ0v) is 14.4. The van der Waals surface area contributed by atoms with Gasteiger partial charge in [-0.1, -0.05) is 48.0 Å². The Balaban J connectivity index is 1.77. The van der Waals surface area contributed by atoms with Gasteiger partial charge in [0.1, 0.15) is 0 Å². The first-order chi connectivity index (χ1) is 12.8. The lowest BCUT2D eigenvalue weighted by molar-refractivity contribution is 0.698. The minimum Gasteiger partial charge on any atom is -0.345 e. The van der Waals surface area contributed by atoms with E-state index in [0.29, 0.717) is 0 Å². The summed E-state index contributed by atoms with van der Waals surface area (Å²) in [5, 5.41) is 0. The number of imidazole rings is 2. The fraction of sp³-hybridized carbons (Fsp3) is 0.0909. The van der Waals surface area contributed by atoms with Gasteiger partial charge in [-0.2, -0.15) is 0 Å². The van der Waals surface area contributed by atoms with Crippen LogP contribution in [0.2, 0.25) is 0 Å². The van der Waals surface area contributed by atoms with Gasteiger partial charge in [0.15, 0.2) is 0 Å². The fourth-order valence-corrected chi connectivity index (χ4v) is 3.66. The summed E-state index contributed by atoms with van der Waals surface area (Å²) in [5.74, 6) is 0. The van der Waals surface area contributed by atoms with Crippen molar-refractivity contribution in [1.29, 1.82) is 0 Å². The van der Waals surface area contributed by atoms with Crippen LogP contribution in [0.1, 0.15) is 22.7 Å². The highest BCUT2D eigenvalue weighted by atomic mass is 15.1. The molecule has 0 aliphatic carbocycles. The van der Waals surface area contributed by atoms with E-state index in [1.54, 1.807) is 6.33 Å². The monoisotopic (exact) mass is 338 g/mol. The molecule has 4 nitrogen and oxygen atoms in total. The van der Waals surface area contributed by atoms with Gasteiger partial charge < -0.3 is 9.55 Å². The molecule has 0 saturated heterocycles. The van der Waals surface area contributed by atoms with E-state index in [1.807, 2.05) is 12.4 Å². The van der Waals surface area contributed by atoms with Crippen LogP contribution >= 0.6 is 0 Å². The molecule has 0 spiro atoms. The molecule has 0 saturated carbocycles. The summed E-state index contributed by atoms with van der Waals surface area (Å²) in [5.41, 5.74) is 7.86. The second-order valence-corrected chi connectivity index (χ2v) is 6.64. The van der Waals surface area contributed by atoms with Gasteiger partial charge in [-0.3, -0.25) is 0 Å². The van der Waals surface area contributed by atoms with Crippen LogP contribution in [-0.4, -0.2) is 19.5 Å². The number of nitrogens with zero attached hydrogens (tertiary/aromatic N) is 3. The molecule has 5 rings (SSSR count). The molecule has 126 valence electrons. The first-order valence-corrected chi connectivity index (χ1v) is 8.71. The largest absolute Gasteiger partial charge is 0.345 e. The fourth-order valence-electron chi connectivity index (χ4n) is 3.66. The molecule has 1 N–H and O–H groups in total. The van der Waals surface area contributed by atoms with E-state index in [1.165, 1.54) is 16.7 Å². The molecule has 0 amide bonds. The average Bonchev–Trinajstić information content (AvgIpc) is 3.29. The van der Waals surface area contributed by atoms with E-state index < -0.39 is 0 Å². The summed E-state index contributed by atoms with van der Waals surface area (Å²) in [6.45, 7) is 2.13. The van der Waals surface area contributed by atoms with E-state index in [2.05, 4.69) is 87.1 Å². The average molecular weight is 338 g/mol. The molecule has 0 bridgehead atoms. The van der Waals surface area contributed by atoms with Crippen LogP contribution in [0, 0.1) is 6.92 Å². The summed E-state index contributed by atoms with van der Waals surface area (Å²) in [7, 11) is 0. The maximum Gasteiger partial charge on any atom is 0.0966 e. The predicted molar refractivity (Wildman–Crippen MR) is 104 cm³/mol. The van der Waals surface area contributed by atoms with Gasteiger partial charge in [0.05, 0.1) is 40.8 Å². The van der Waals surface area contributed by atoms with Crippen molar-refractivity contribution in [3.63, 3.8) is 0 Å². The topological polar surface area (TPSA) is 46.5 Å². The zero-order valence-electron chi connectivity index (χ0n) is 14.4. The minimum absolute atomic E-state index is 0.0509. The second-order valence-electron chi connectivity index (χ2n) is 6.64. The highest BCUT2D eigenvalue weighted by molar-refractivity contribution is 5.77. The number of para-hydroxylation sites is 2. The van der Waals surface area contributed by atoms with Gasteiger partial charge in [0.25, 0.3) is 0 Å². The number of aromatic nitrogens is 4. The molecule has 0 fully saturated rings. The summed E-state index contributed by atoms with van der Waals surface area (Å²) in [6, 6.07) is 23.4. The van der Waals surface area contributed by atoms with Gasteiger partial charge in [-0.15, -0.1) is 0 Å². The third-order valence-electron chi connectivity index (χ3n) is 4.88. The van der Waals surface area contributed by atoms with Crippen molar-refractivity contribution in [3.8, 4) is 0 Å². The normalized spacial score (nSPS) is 12.7. The number of benzene rings is 3. The number of rotatable bonds is 3. The molecule has 4 heteroatoms. The predicted octanol–water partition coefficient (Wildman–Crippen LogP) is 4.86. The van der Waals surface area contributed by atoms with Crippen LogP contribution in [0.4, 0.5) is 0 Å². The lowest BCUT2D eigenvalue weighted by Gasteiger charge is -2.21. The number of aryl methyl sites for hydroxylation is 1. The SMILES string of the molecule is Cc1cccc(C(c2ccc3nc[nH]c3c2)n2cnc3ccccc32)c1. The van der Waals surface area contributed by atoms with Crippen LogP contribution in [0.5, 0.6) is 0 Å². The van der Waals surface area contributed by atoms with Crippen molar-refractivity contribution >= 4 is 22.1 Å². The molecular formula is C22H18N4. The number of fused-ring (bicyclic) bond motifs is 2. The van der Waals surface area contributed by atoms with Gasteiger partial charge in [-0.05, 0) is 42.3 Å². The standard InChI is InChI=1S/C22H18N4/c1-15-5-4-6-16(11-15)22(17-9-10-18-20(12-17)24-13-23-18)26-14-25-19-7-2-3-8-21(19)26/h2-14,22H,1H3,(H,23,24). The first-order valence-electron chi connectivity index (χ1n) is 8.71. The lowest BCUT2D eigenvalue weighted by atomic mass is 9.96. The Kier molecular flexibility index (Phi) is 3.35. The molecule has 0 aliphatic rings. The van der Waals surface area contributed by atoms with Crippen LogP contribution in [0.25, 0.3) is 22.1 Å². The quantitative estimate of drug-likeness (QED) is 0.511. The third-order valence-corrected chi connectivity index (χ3v) is 4.88. The van der Waals surface area contributed by atoms with Crippen LogP contribution < -0.4 is 0 Å². The number of hydrogen-bond acceptors (Lipinski definition) is 2. The molecule has 2 heterocycles. The second kappa shape index (κ2) is 5.85. The van der Waals surface area contributed by atoms with E-state index in [-0.39, 0.29) is 6.04 Å². The van der Waals surface area contributed by atoms with Crippen LogP contribution in [0.15, 0.2) is 79.4 Å². The smallest absolute Gasteiger partial charge is 0.0966 e. The van der Waals surface area contributed by atoms with Gasteiger partial charge in [0.2, 0.25) is 0 Å². The molecule has 2 aromatic heterocycles. The number of H-pyrrole nitrogens is 1. The van der Waals surface area contributed by atoms with Gasteiger partial charge in [0, 0.05) is 0 Å². The Bertz CT molecular complexity index is 1220. The Morgan fingerprint density at radius 2 is 1.73 bits per heavy atom. The highest BCUT2D eigenvalue weighted by Crippen LogP contribution is 2.31. The van der Waals surface area contributed by atoms with E-state index >= 15 is 0 Å². The Morgan fingerprint density at radius 1 is 0.846 bits per heavy atom. The summed E-state index contributed by atoms with van der Waals surface area (Å²) >= 11 is 0. The van der Waals surface area contributed by atoms with Gasteiger partial charge in [-0.25, -0.2) is 9.97 Å². The maximum atomic E-state index is 4.61. The Morgan fingerprint density at radius 3 is 2.65 bits per heavy atom. The molecule has 0 aliphatic heterocycles. The Labute approximate surface area is 151 Å². The number of hydrogen-bond donors (Lipinski definition) is 1. The number of nitrogens with one attached hydrogen (secondary N) is 1. The summed E-state index contributed by atoms with van der Waals surface area (Å²) < 4.78 is 2.25. The molecular weight excluding hydrogens is 320 g/mol. The van der Waals surface area contributed by atoms with Crippen molar-refractivity contribution in [2.24, 2.45) is 0 Å². The molecule has 5 aromatic rings. The first kappa shape index (κ1) is 14.9. The van der Waals surface area contributed by atoms with Gasteiger partial charge >= 0.3 is 0 Å². The van der Waals surface area contributed by atoms with Crippen molar-refractivity contribution in [3.05, 3.63) is 96.1 Å². The molecule has 3 aromatic carbocycles. The van der Waals surface area contributed by atoms with E-state index in [9.17, 15) is 0 Å². The van der Waals surface area contributed by atoms with Crippen molar-refractivity contribution in [2.45, 2.75) is 13.0 Å². The minimum atomic E-state index is 0.0509. The van der Waals surface area contributed by atoms with Crippen LogP contribution in [0.3, 0.4) is 0 Å². The lowest BCUT2D eigenvalue weighted by Crippen LogP contribution is -2.11. The van der Waals surface area contributed by atoms with Crippen molar-refractivity contribution < 1.29 is 0 Å². The van der Waals surface area contributed by atoms with E-state index in [0.717, 1.165) is 22.1 Å². The maximum absolute atomic E-state index is 4.61. The number of aromatic amines is 1. The van der Waals surface area contributed by atoms with Crippen molar-refractivity contribution in [2.75, 3.05) is 0 Å². The highest BCUT2D eigenvalue weighted by Gasteiger charge is 2.19. The molecule has 1 unspecified atom stereocenters. The van der Waals surface area contributed by atoms with Crippen LogP contribution in [-0.2, 0) is 0 Å². The summed E-state index contributed by atoms with van der Waals surface area (Å²) in [6.07, 6.45) is 3.68.